The molecule has 0 unspecified atom stereocenters. The molecule has 0 bridgehead atoms. The smallest absolute Gasteiger partial charge is 0.267 e. The lowest BCUT2D eigenvalue weighted by atomic mass is 10.3. The summed E-state index contributed by atoms with van der Waals surface area (Å²) in [4.78, 5) is 0.0689. The highest BCUT2D eigenvalue weighted by molar-refractivity contribution is 7.92. The Morgan fingerprint density at radius 1 is 1.43 bits per heavy atom. The summed E-state index contributed by atoms with van der Waals surface area (Å²) in [6.07, 6.45) is 4.01. The predicted molar refractivity (Wildman–Crippen MR) is 73.5 cm³/mol. The van der Waals surface area contributed by atoms with Gasteiger partial charge in [-0.2, -0.15) is 5.10 Å². The molecule has 1 aliphatic rings. The molecule has 2 aromatic heterocycles. The zero-order chi connectivity index (χ0) is 15.0. The van der Waals surface area contributed by atoms with E-state index in [9.17, 15) is 8.42 Å². The van der Waals surface area contributed by atoms with Gasteiger partial charge in [0.25, 0.3) is 10.0 Å². The monoisotopic (exact) mass is 312 g/mol. The number of aromatic nitrogens is 3. The van der Waals surface area contributed by atoms with Crippen LogP contribution in [0.4, 0.5) is 5.69 Å². The summed E-state index contributed by atoms with van der Waals surface area (Å²) in [5, 5.41) is 7.84. The lowest BCUT2D eigenvalue weighted by Crippen LogP contribution is -2.14. The Balaban J connectivity index is 1.83. The number of aryl methyl sites for hydroxylation is 2. The second-order valence-electron chi connectivity index (χ2n) is 4.99. The molecule has 21 heavy (non-hydrogen) atoms. The van der Waals surface area contributed by atoms with Crippen LogP contribution in [0.2, 0.25) is 0 Å². The lowest BCUT2D eigenvalue weighted by molar-refractivity contribution is 0.184. The van der Waals surface area contributed by atoms with Gasteiger partial charge in [0.05, 0.1) is 24.5 Å². The first-order valence-electron chi connectivity index (χ1n) is 6.55. The van der Waals surface area contributed by atoms with Gasteiger partial charge in [-0.1, -0.05) is 5.16 Å². The van der Waals surface area contributed by atoms with Crippen molar-refractivity contribution in [2.75, 3.05) is 17.9 Å². The molecule has 1 N–H and O–H groups in total. The van der Waals surface area contributed by atoms with E-state index in [2.05, 4.69) is 15.0 Å². The van der Waals surface area contributed by atoms with Crippen LogP contribution in [0.15, 0.2) is 21.8 Å². The van der Waals surface area contributed by atoms with Gasteiger partial charge in [-0.15, -0.1) is 0 Å². The Bertz CT molecular complexity index is 724. The van der Waals surface area contributed by atoms with Gasteiger partial charge in [-0.3, -0.25) is 9.40 Å². The van der Waals surface area contributed by atoms with Crippen LogP contribution >= 0.6 is 0 Å². The van der Waals surface area contributed by atoms with Crippen molar-refractivity contribution in [1.29, 1.82) is 0 Å². The zero-order valence-corrected chi connectivity index (χ0v) is 12.6. The highest BCUT2D eigenvalue weighted by atomic mass is 32.2. The molecule has 114 valence electrons. The molecular formula is C12H16N4O4S. The Kier molecular flexibility index (Phi) is 3.46. The van der Waals surface area contributed by atoms with Gasteiger partial charge < -0.3 is 9.26 Å². The van der Waals surface area contributed by atoms with E-state index in [1.54, 1.807) is 24.7 Å². The van der Waals surface area contributed by atoms with Crippen molar-refractivity contribution in [3.8, 4) is 0 Å². The van der Waals surface area contributed by atoms with Crippen molar-refractivity contribution in [3.05, 3.63) is 23.8 Å². The number of rotatable bonds is 4. The van der Waals surface area contributed by atoms with Crippen LogP contribution < -0.4 is 4.72 Å². The molecule has 0 saturated carbocycles. The topological polar surface area (TPSA) is 99.3 Å². The average Bonchev–Trinajstić information content (AvgIpc) is 3.09. The molecule has 1 saturated heterocycles. The quantitative estimate of drug-likeness (QED) is 0.912. The fourth-order valence-corrected chi connectivity index (χ4v) is 3.75. The molecule has 2 aromatic rings. The first-order chi connectivity index (χ1) is 9.97. The van der Waals surface area contributed by atoms with Gasteiger partial charge in [0.15, 0.2) is 10.7 Å². The highest BCUT2D eigenvalue weighted by Crippen LogP contribution is 2.24. The van der Waals surface area contributed by atoms with E-state index in [0.717, 1.165) is 6.42 Å². The Morgan fingerprint density at radius 2 is 2.24 bits per heavy atom. The number of ether oxygens (including phenoxy) is 1. The summed E-state index contributed by atoms with van der Waals surface area (Å²) in [6, 6.07) is 0.155. The van der Waals surface area contributed by atoms with Gasteiger partial charge >= 0.3 is 0 Å². The van der Waals surface area contributed by atoms with Crippen molar-refractivity contribution in [2.24, 2.45) is 0 Å². The molecule has 0 spiro atoms. The summed E-state index contributed by atoms with van der Waals surface area (Å²) in [7, 11) is -3.73. The summed E-state index contributed by atoms with van der Waals surface area (Å²) in [5.41, 5.74) is 0.735. The molecule has 3 rings (SSSR count). The maximum Gasteiger partial charge on any atom is 0.267 e. The molecule has 1 aliphatic heterocycles. The highest BCUT2D eigenvalue weighted by Gasteiger charge is 2.25. The van der Waals surface area contributed by atoms with Crippen molar-refractivity contribution < 1.29 is 17.7 Å². The largest absolute Gasteiger partial charge is 0.379 e. The van der Waals surface area contributed by atoms with E-state index in [4.69, 9.17) is 9.26 Å². The molecule has 0 amide bonds. The molecule has 3 heterocycles. The van der Waals surface area contributed by atoms with Gasteiger partial charge in [-0.05, 0) is 20.3 Å². The third-order valence-electron chi connectivity index (χ3n) is 3.37. The fraction of sp³-hybridized carbons (Fsp3) is 0.500. The molecular weight excluding hydrogens is 296 g/mol. The van der Waals surface area contributed by atoms with Crippen molar-refractivity contribution in [3.63, 3.8) is 0 Å². The van der Waals surface area contributed by atoms with E-state index in [0.29, 0.717) is 24.6 Å². The van der Waals surface area contributed by atoms with Crippen LogP contribution in [0.1, 0.15) is 23.9 Å². The Morgan fingerprint density at radius 3 is 2.86 bits per heavy atom. The minimum atomic E-state index is -3.73. The van der Waals surface area contributed by atoms with Crippen LogP contribution in [0.3, 0.4) is 0 Å². The normalized spacial score (nSPS) is 19.0. The van der Waals surface area contributed by atoms with E-state index in [1.807, 2.05) is 0 Å². The molecule has 0 aromatic carbocycles. The number of nitrogens with one attached hydrogen (secondary N) is 1. The van der Waals surface area contributed by atoms with Gasteiger partial charge in [0, 0.05) is 12.8 Å². The van der Waals surface area contributed by atoms with Crippen LogP contribution in [0.5, 0.6) is 0 Å². The second kappa shape index (κ2) is 5.15. The number of nitrogens with zero attached hydrogens (tertiary/aromatic N) is 3. The standard InChI is InChI=1S/C12H16N4O4S/c1-8-12(9(2)20-14-8)21(17,18)15-10-5-13-16(6-10)11-3-4-19-7-11/h5-6,11,15H,3-4,7H2,1-2H3/t11-/m0/s1. The Hall–Kier alpha value is -1.87. The second-order valence-corrected chi connectivity index (χ2v) is 6.60. The van der Waals surface area contributed by atoms with Crippen molar-refractivity contribution in [2.45, 2.75) is 31.2 Å². The summed E-state index contributed by atoms with van der Waals surface area (Å²) in [5.74, 6) is 0.261. The van der Waals surface area contributed by atoms with Gasteiger partial charge in [0.1, 0.15) is 5.69 Å². The van der Waals surface area contributed by atoms with E-state index < -0.39 is 10.0 Å². The van der Waals surface area contributed by atoms with E-state index in [-0.39, 0.29) is 16.7 Å². The van der Waals surface area contributed by atoms with E-state index in [1.165, 1.54) is 6.20 Å². The van der Waals surface area contributed by atoms with E-state index >= 15 is 0 Å². The molecule has 0 radical (unpaired) electrons. The number of sulfonamides is 1. The third-order valence-corrected chi connectivity index (χ3v) is 4.99. The van der Waals surface area contributed by atoms with Crippen molar-refractivity contribution >= 4 is 15.7 Å². The van der Waals surface area contributed by atoms with Gasteiger partial charge in [0.2, 0.25) is 0 Å². The SMILES string of the molecule is Cc1noc(C)c1S(=O)(=O)Nc1cnn([C@H]2CCOC2)c1. The summed E-state index contributed by atoms with van der Waals surface area (Å²) < 4.78 is 39.1. The summed E-state index contributed by atoms with van der Waals surface area (Å²) in [6.45, 7) is 4.45. The van der Waals surface area contributed by atoms with Crippen LogP contribution in [-0.4, -0.2) is 36.6 Å². The minimum absolute atomic E-state index is 0.0689. The minimum Gasteiger partial charge on any atom is -0.379 e. The zero-order valence-electron chi connectivity index (χ0n) is 11.7. The first kappa shape index (κ1) is 14.1. The maximum atomic E-state index is 12.4. The molecule has 1 atom stereocenters. The first-order valence-corrected chi connectivity index (χ1v) is 8.03. The molecule has 1 fully saturated rings. The van der Waals surface area contributed by atoms with Crippen molar-refractivity contribution in [1.82, 2.24) is 14.9 Å². The lowest BCUT2D eigenvalue weighted by Gasteiger charge is -2.07. The molecule has 9 heteroatoms. The Labute approximate surface area is 122 Å². The number of hydrogen-bond donors (Lipinski definition) is 1. The summed E-state index contributed by atoms with van der Waals surface area (Å²) >= 11 is 0. The molecule has 0 aliphatic carbocycles. The molecule has 8 nitrogen and oxygen atoms in total. The van der Waals surface area contributed by atoms with Crippen LogP contribution in [0, 0.1) is 13.8 Å². The predicted octanol–water partition coefficient (Wildman–Crippen LogP) is 1.25. The van der Waals surface area contributed by atoms with Gasteiger partial charge in [-0.25, -0.2) is 8.42 Å². The van der Waals surface area contributed by atoms with Crippen LogP contribution in [0.25, 0.3) is 0 Å². The third kappa shape index (κ3) is 2.66. The number of anilines is 1. The number of hydrogen-bond acceptors (Lipinski definition) is 6. The van der Waals surface area contributed by atoms with Crippen LogP contribution in [-0.2, 0) is 14.8 Å². The fourth-order valence-electron chi connectivity index (χ4n) is 2.39. The maximum absolute atomic E-state index is 12.4. The average molecular weight is 312 g/mol.